The maximum atomic E-state index is 12.7. The summed E-state index contributed by atoms with van der Waals surface area (Å²) >= 11 is 1.46. The van der Waals surface area contributed by atoms with E-state index < -0.39 is 6.04 Å². The van der Waals surface area contributed by atoms with Crippen molar-refractivity contribution in [2.75, 3.05) is 10.6 Å². The Morgan fingerprint density at radius 1 is 1.15 bits per heavy atom. The van der Waals surface area contributed by atoms with Crippen LogP contribution in [0.25, 0.3) is 0 Å². The number of para-hydroxylation sites is 1. The zero-order valence-electron chi connectivity index (χ0n) is 14.3. The average molecular weight is 379 g/mol. The number of fused-ring (bicyclic) bond motifs is 1. The highest BCUT2D eigenvalue weighted by Gasteiger charge is 2.33. The van der Waals surface area contributed by atoms with Crippen LogP contribution in [0.5, 0.6) is 0 Å². The highest BCUT2D eigenvalue weighted by atomic mass is 32.2. The van der Waals surface area contributed by atoms with E-state index >= 15 is 0 Å². The summed E-state index contributed by atoms with van der Waals surface area (Å²) in [4.78, 5) is 29.0. The minimum Gasteiger partial charge on any atom is -0.324 e. The van der Waals surface area contributed by atoms with Crippen LogP contribution in [0, 0.1) is 0 Å². The predicted molar refractivity (Wildman–Crippen MR) is 103 cm³/mol. The molecule has 0 saturated heterocycles. The van der Waals surface area contributed by atoms with Crippen LogP contribution in [-0.4, -0.2) is 26.6 Å². The van der Waals surface area contributed by atoms with E-state index in [0.29, 0.717) is 22.5 Å². The lowest BCUT2D eigenvalue weighted by Gasteiger charge is -2.22. The summed E-state index contributed by atoms with van der Waals surface area (Å²) in [5.74, 6) is 0.471. The quantitative estimate of drug-likeness (QED) is 0.665. The van der Waals surface area contributed by atoms with Gasteiger partial charge in [-0.3, -0.25) is 14.9 Å². The zero-order chi connectivity index (χ0) is 18.6. The van der Waals surface area contributed by atoms with Crippen LogP contribution in [0.3, 0.4) is 0 Å². The van der Waals surface area contributed by atoms with Crippen LogP contribution in [0.1, 0.15) is 18.0 Å². The number of amides is 2. The van der Waals surface area contributed by atoms with Gasteiger partial charge in [-0.2, -0.15) is 4.98 Å². The summed E-state index contributed by atoms with van der Waals surface area (Å²) in [5.41, 5.74) is 1.83. The van der Waals surface area contributed by atoms with Gasteiger partial charge in [-0.05, 0) is 17.7 Å². The Balaban J connectivity index is 1.51. The Kier molecular flexibility index (Phi) is 4.88. The SMILES string of the molecule is O=C1C[C@@H](C(=O)Nc2ccccc2)n2nc(SCc3ccccc3)nc2N1. The summed E-state index contributed by atoms with van der Waals surface area (Å²) in [6.07, 6.45) is 0.0256. The minimum atomic E-state index is -0.729. The molecule has 0 aliphatic carbocycles. The van der Waals surface area contributed by atoms with Gasteiger partial charge in [0.1, 0.15) is 6.04 Å². The fourth-order valence-electron chi connectivity index (χ4n) is 2.78. The van der Waals surface area contributed by atoms with Crippen molar-refractivity contribution in [2.24, 2.45) is 0 Å². The van der Waals surface area contributed by atoms with Crippen LogP contribution in [0.2, 0.25) is 0 Å². The van der Waals surface area contributed by atoms with Crippen LogP contribution in [0.4, 0.5) is 11.6 Å². The Hall–Kier alpha value is -3.13. The van der Waals surface area contributed by atoms with Crippen LogP contribution < -0.4 is 10.6 Å². The van der Waals surface area contributed by atoms with E-state index in [9.17, 15) is 9.59 Å². The number of hydrogen-bond acceptors (Lipinski definition) is 5. The third kappa shape index (κ3) is 4.01. The molecule has 2 heterocycles. The third-order valence-electron chi connectivity index (χ3n) is 4.09. The Morgan fingerprint density at radius 3 is 2.59 bits per heavy atom. The second kappa shape index (κ2) is 7.63. The van der Waals surface area contributed by atoms with E-state index in [0.717, 1.165) is 5.56 Å². The number of carbonyl (C=O) groups excluding carboxylic acids is 2. The second-order valence-electron chi connectivity index (χ2n) is 6.06. The molecule has 136 valence electrons. The molecule has 1 aromatic heterocycles. The lowest BCUT2D eigenvalue weighted by atomic mass is 10.1. The molecule has 2 amide bonds. The van der Waals surface area contributed by atoms with Gasteiger partial charge in [0.25, 0.3) is 0 Å². The number of anilines is 2. The number of nitrogens with one attached hydrogen (secondary N) is 2. The van der Waals surface area contributed by atoms with Gasteiger partial charge in [-0.25, -0.2) is 4.68 Å². The fourth-order valence-corrected chi connectivity index (χ4v) is 3.56. The third-order valence-corrected chi connectivity index (χ3v) is 5.00. The lowest BCUT2D eigenvalue weighted by Crippen LogP contribution is -2.36. The van der Waals surface area contributed by atoms with E-state index in [1.807, 2.05) is 48.5 Å². The molecule has 1 atom stereocenters. The number of aromatic nitrogens is 3. The molecule has 0 fully saturated rings. The van der Waals surface area contributed by atoms with E-state index in [4.69, 9.17) is 0 Å². The normalized spacial score (nSPS) is 15.7. The molecule has 8 heteroatoms. The van der Waals surface area contributed by atoms with E-state index in [-0.39, 0.29) is 18.2 Å². The summed E-state index contributed by atoms with van der Waals surface area (Å²) in [7, 11) is 0. The molecule has 0 radical (unpaired) electrons. The summed E-state index contributed by atoms with van der Waals surface area (Å²) in [6.45, 7) is 0. The lowest BCUT2D eigenvalue weighted by molar-refractivity contribution is -0.125. The first-order valence-electron chi connectivity index (χ1n) is 8.48. The summed E-state index contributed by atoms with van der Waals surface area (Å²) < 4.78 is 1.49. The molecular weight excluding hydrogens is 362 g/mol. The first kappa shape index (κ1) is 17.3. The molecule has 1 aliphatic heterocycles. The molecule has 2 N–H and O–H groups in total. The van der Waals surface area contributed by atoms with Gasteiger partial charge in [0.2, 0.25) is 22.9 Å². The largest absolute Gasteiger partial charge is 0.324 e. The first-order chi connectivity index (χ1) is 13.2. The van der Waals surface area contributed by atoms with Crippen molar-refractivity contribution in [3.63, 3.8) is 0 Å². The summed E-state index contributed by atoms with van der Waals surface area (Å²) in [6, 6.07) is 18.4. The van der Waals surface area contributed by atoms with Crippen molar-refractivity contribution in [3.8, 4) is 0 Å². The highest BCUT2D eigenvalue weighted by Crippen LogP contribution is 2.28. The monoisotopic (exact) mass is 379 g/mol. The molecule has 2 aromatic carbocycles. The van der Waals surface area contributed by atoms with Gasteiger partial charge in [-0.15, -0.1) is 5.10 Å². The molecule has 0 unspecified atom stereocenters. The minimum absolute atomic E-state index is 0.0256. The Morgan fingerprint density at radius 2 is 1.85 bits per heavy atom. The maximum Gasteiger partial charge on any atom is 0.249 e. The van der Waals surface area contributed by atoms with Crippen molar-refractivity contribution >= 4 is 35.2 Å². The molecule has 3 aromatic rings. The molecule has 0 spiro atoms. The standard InChI is InChI=1S/C19H17N5O2S/c25-16-11-15(17(26)20-14-9-5-2-6-10-14)24-18(21-16)22-19(23-24)27-12-13-7-3-1-4-8-13/h1-10,15H,11-12H2,(H,20,26)(H,21,22,23,25)/t15-/m0/s1. The van der Waals surface area contributed by atoms with Crippen LogP contribution in [0.15, 0.2) is 65.8 Å². The molecule has 27 heavy (non-hydrogen) atoms. The maximum absolute atomic E-state index is 12.7. The number of benzene rings is 2. The first-order valence-corrected chi connectivity index (χ1v) is 9.46. The average Bonchev–Trinajstić information content (AvgIpc) is 3.10. The van der Waals surface area contributed by atoms with Crippen molar-refractivity contribution in [1.29, 1.82) is 0 Å². The van der Waals surface area contributed by atoms with Crippen LogP contribution >= 0.6 is 11.8 Å². The number of thioether (sulfide) groups is 1. The fraction of sp³-hybridized carbons (Fsp3) is 0.158. The number of hydrogen-bond donors (Lipinski definition) is 2. The van der Waals surface area contributed by atoms with Crippen molar-refractivity contribution in [3.05, 3.63) is 66.2 Å². The predicted octanol–water partition coefficient (Wildman–Crippen LogP) is 3.09. The van der Waals surface area contributed by atoms with Gasteiger partial charge in [-0.1, -0.05) is 60.3 Å². The molecule has 0 bridgehead atoms. The highest BCUT2D eigenvalue weighted by molar-refractivity contribution is 7.98. The second-order valence-corrected chi connectivity index (χ2v) is 7.00. The van der Waals surface area contributed by atoms with Gasteiger partial charge < -0.3 is 5.32 Å². The Labute approximate surface area is 160 Å². The number of rotatable bonds is 5. The number of nitrogens with zero attached hydrogens (tertiary/aromatic N) is 3. The van der Waals surface area contributed by atoms with E-state index in [2.05, 4.69) is 20.7 Å². The van der Waals surface area contributed by atoms with Crippen LogP contribution in [-0.2, 0) is 15.3 Å². The molecular formula is C19H17N5O2S. The van der Waals surface area contributed by atoms with Crippen molar-refractivity contribution < 1.29 is 9.59 Å². The zero-order valence-corrected chi connectivity index (χ0v) is 15.1. The smallest absolute Gasteiger partial charge is 0.249 e. The molecule has 7 nitrogen and oxygen atoms in total. The van der Waals surface area contributed by atoms with Crippen molar-refractivity contribution in [2.45, 2.75) is 23.4 Å². The molecule has 0 saturated carbocycles. The van der Waals surface area contributed by atoms with Gasteiger partial charge >= 0.3 is 0 Å². The van der Waals surface area contributed by atoms with E-state index in [1.165, 1.54) is 16.4 Å². The van der Waals surface area contributed by atoms with Gasteiger partial charge in [0, 0.05) is 11.4 Å². The topological polar surface area (TPSA) is 88.9 Å². The Bertz CT molecular complexity index is 959. The van der Waals surface area contributed by atoms with E-state index in [1.54, 1.807) is 12.1 Å². The molecule has 1 aliphatic rings. The van der Waals surface area contributed by atoms with Gasteiger partial charge in [0.15, 0.2) is 0 Å². The molecule has 4 rings (SSSR count). The van der Waals surface area contributed by atoms with Gasteiger partial charge in [0.05, 0.1) is 6.42 Å². The number of carbonyl (C=O) groups is 2. The summed E-state index contributed by atoms with van der Waals surface area (Å²) in [5, 5.41) is 10.5. The van der Waals surface area contributed by atoms with Crippen molar-refractivity contribution in [1.82, 2.24) is 14.8 Å².